The van der Waals surface area contributed by atoms with Gasteiger partial charge in [0.2, 0.25) is 11.0 Å². The molecule has 4 rings (SSSR count). The van der Waals surface area contributed by atoms with Crippen LogP contribution in [0.25, 0.3) is 17.1 Å². The number of hydrogen-bond acceptors (Lipinski definition) is 7. The van der Waals surface area contributed by atoms with Gasteiger partial charge in [0, 0.05) is 16.3 Å². The average molecular weight is 400 g/mol. The molecule has 7 nitrogen and oxygen atoms in total. The summed E-state index contributed by atoms with van der Waals surface area (Å²) in [6.45, 7) is 0. The lowest BCUT2D eigenvalue weighted by Crippen LogP contribution is -2.01. The minimum Gasteiger partial charge on any atom is -0.494 e. The fourth-order valence-corrected chi connectivity index (χ4v) is 3.44. The summed E-state index contributed by atoms with van der Waals surface area (Å²) in [4.78, 5) is 4.51. The molecule has 0 atom stereocenters. The molecule has 0 aliphatic heterocycles. The van der Waals surface area contributed by atoms with Crippen molar-refractivity contribution in [3.8, 4) is 22.9 Å². The molecule has 2 heterocycles. The number of tetrazole rings is 1. The van der Waals surface area contributed by atoms with E-state index in [1.54, 1.807) is 18.1 Å². The molecule has 4 aromatic rings. The predicted octanol–water partition coefficient (Wildman–Crippen LogP) is 4.27. The topological polar surface area (TPSA) is 78.9 Å². The monoisotopic (exact) mass is 399 g/mol. The molecule has 2 aromatic heterocycles. The lowest BCUT2D eigenvalue weighted by molar-refractivity contribution is 0.410. The van der Waals surface area contributed by atoms with Gasteiger partial charge in [0.1, 0.15) is 17.7 Å². The van der Waals surface area contributed by atoms with Gasteiger partial charge in [-0.3, -0.25) is 0 Å². The quantitative estimate of drug-likeness (QED) is 0.448. The van der Waals surface area contributed by atoms with Crippen LogP contribution in [0.2, 0.25) is 5.02 Å². The Morgan fingerprint density at radius 3 is 2.93 bits per heavy atom. The van der Waals surface area contributed by atoms with Crippen molar-refractivity contribution in [3.63, 3.8) is 0 Å². The summed E-state index contributed by atoms with van der Waals surface area (Å²) in [5.74, 6) is 1.77. The maximum Gasteiger partial charge on any atom is 0.226 e. The summed E-state index contributed by atoms with van der Waals surface area (Å²) in [6, 6.07) is 14.9. The molecule has 0 aliphatic rings. The van der Waals surface area contributed by atoms with Crippen molar-refractivity contribution >= 4 is 23.4 Å². The standard InChI is InChI=1S/C18H14ClN5O2S/c1-25-16-8-3-2-7-15(16)24-18(21-22-23-24)27-11-14-10-26-17(20-14)12-5-4-6-13(19)9-12/h2-10H,11H2,1H3. The summed E-state index contributed by atoms with van der Waals surface area (Å²) in [5, 5.41) is 13.2. The first-order valence-corrected chi connectivity index (χ1v) is 9.36. The third kappa shape index (κ3) is 3.81. The smallest absolute Gasteiger partial charge is 0.226 e. The third-order valence-corrected chi connectivity index (χ3v) is 4.91. The summed E-state index contributed by atoms with van der Waals surface area (Å²) in [5.41, 5.74) is 2.38. The number of ether oxygens (including phenoxy) is 1. The second kappa shape index (κ2) is 7.81. The van der Waals surface area contributed by atoms with Gasteiger partial charge in [-0.2, -0.15) is 4.68 Å². The minimum atomic E-state index is 0.525. The molecule has 2 aromatic carbocycles. The molecule has 0 fully saturated rings. The van der Waals surface area contributed by atoms with Crippen molar-refractivity contribution in [2.45, 2.75) is 10.9 Å². The molecule has 0 spiro atoms. The van der Waals surface area contributed by atoms with Crippen LogP contribution < -0.4 is 4.74 Å². The van der Waals surface area contributed by atoms with E-state index in [0.717, 1.165) is 16.9 Å². The average Bonchev–Trinajstić information content (AvgIpc) is 3.35. The molecule has 0 amide bonds. The van der Waals surface area contributed by atoms with E-state index >= 15 is 0 Å². The molecule has 0 saturated carbocycles. The van der Waals surface area contributed by atoms with E-state index in [2.05, 4.69) is 20.5 Å². The van der Waals surface area contributed by atoms with E-state index < -0.39 is 0 Å². The lowest BCUT2D eigenvalue weighted by atomic mass is 10.2. The predicted molar refractivity (Wildman–Crippen MR) is 102 cm³/mol. The lowest BCUT2D eigenvalue weighted by Gasteiger charge is -2.08. The zero-order valence-electron chi connectivity index (χ0n) is 14.2. The highest BCUT2D eigenvalue weighted by Crippen LogP contribution is 2.28. The molecule has 0 N–H and O–H groups in total. The number of aromatic nitrogens is 5. The Morgan fingerprint density at radius 1 is 1.19 bits per heavy atom. The fraction of sp³-hybridized carbons (Fsp3) is 0.111. The van der Waals surface area contributed by atoms with Crippen molar-refractivity contribution in [3.05, 3.63) is 65.5 Å². The highest BCUT2D eigenvalue weighted by Gasteiger charge is 2.14. The van der Waals surface area contributed by atoms with E-state index in [1.165, 1.54) is 11.8 Å². The molecule has 9 heteroatoms. The second-order valence-electron chi connectivity index (χ2n) is 5.49. The Bertz CT molecular complexity index is 1070. The van der Waals surface area contributed by atoms with Crippen LogP contribution >= 0.6 is 23.4 Å². The van der Waals surface area contributed by atoms with Crippen LogP contribution in [0.5, 0.6) is 5.75 Å². The van der Waals surface area contributed by atoms with Gasteiger partial charge in [0.15, 0.2) is 0 Å². The normalized spacial score (nSPS) is 10.9. The SMILES string of the molecule is COc1ccccc1-n1nnnc1SCc1coc(-c2cccc(Cl)c2)n1. The summed E-state index contributed by atoms with van der Waals surface area (Å²) in [7, 11) is 1.61. The zero-order valence-corrected chi connectivity index (χ0v) is 15.8. The molecule has 0 bridgehead atoms. The first-order valence-electron chi connectivity index (χ1n) is 7.99. The van der Waals surface area contributed by atoms with Crippen molar-refractivity contribution in [2.24, 2.45) is 0 Å². The van der Waals surface area contributed by atoms with E-state index in [1.807, 2.05) is 48.5 Å². The van der Waals surface area contributed by atoms with Crippen LogP contribution in [0.3, 0.4) is 0 Å². The Morgan fingerprint density at radius 2 is 2.07 bits per heavy atom. The Labute approximate surface area is 164 Å². The number of para-hydroxylation sites is 2. The Balaban J connectivity index is 1.52. The van der Waals surface area contributed by atoms with Crippen molar-refractivity contribution < 1.29 is 9.15 Å². The Kier molecular flexibility index (Phi) is 5.08. The van der Waals surface area contributed by atoms with Crippen molar-refractivity contribution in [2.75, 3.05) is 7.11 Å². The first-order chi connectivity index (χ1) is 13.2. The number of methoxy groups -OCH3 is 1. The van der Waals surface area contributed by atoms with Gasteiger partial charge in [-0.25, -0.2) is 4.98 Å². The van der Waals surface area contributed by atoms with Gasteiger partial charge in [-0.1, -0.05) is 41.6 Å². The van der Waals surface area contributed by atoms with Crippen LogP contribution in [-0.4, -0.2) is 32.3 Å². The van der Waals surface area contributed by atoms with E-state index in [9.17, 15) is 0 Å². The minimum absolute atomic E-state index is 0.525. The molecule has 0 aliphatic carbocycles. The Hall–Kier alpha value is -2.84. The number of benzene rings is 2. The maximum absolute atomic E-state index is 6.02. The molecular formula is C18H14ClN5O2S. The summed E-state index contributed by atoms with van der Waals surface area (Å²) in [6.07, 6.45) is 1.63. The largest absolute Gasteiger partial charge is 0.494 e. The van der Waals surface area contributed by atoms with Gasteiger partial charge in [0.05, 0.1) is 12.8 Å². The number of thioether (sulfide) groups is 1. The molecule has 136 valence electrons. The van der Waals surface area contributed by atoms with Crippen molar-refractivity contribution in [1.82, 2.24) is 25.2 Å². The molecule has 0 saturated heterocycles. The van der Waals surface area contributed by atoms with Crippen LogP contribution in [0, 0.1) is 0 Å². The zero-order chi connectivity index (χ0) is 18.6. The maximum atomic E-state index is 6.02. The highest BCUT2D eigenvalue weighted by molar-refractivity contribution is 7.98. The van der Waals surface area contributed by atoms with Crippen LogP contribution in [-0.2, 0) is 5.75 Å². The van der Waals surface area contributed by atoms with Crippen LogP contribution in [0.4, 0.5) is 0 Å². The van der Waals surface area contributed by atoms with E-state index in [-0.39, 0.29) is 0 Å². The fourth-order valence-electron chi connectivity index (χ4n) is 2.49. The van der Waals surface area contributed by atoms with Gasteiger partial charge < -0.3 is 9.15 Å². The van der Waals surface area contributed by atoms with Crippen molar-refractivity contribution in [1.29, 1.82) is 0 Å². The molecular weight excluding hydrogens is 386 g/mol. The molecule has 0 radical (unpaired) electrons. The number of halogens is 1. The summed E-state index contributed by atoms with van der Waals surface area (Å²) >= 11 is 7.48. The number of oxazole rings is 1. The number of nitrogens with zero attached hydrogens (tertiary/aromatic N) is 5. The number of rotatable bonds is 6. The van der Waals surface area contributed by atoms with Gasteiger partial charge in [-0.05, 0) is 40.8 Å². The van der Waals surface area contributed by atoms with E-state index in [0.29, 0.717) is 27.6 Å². The van der Waals surface area contributed by atoms with E-state index in [4.69, 9.17) is 20.8 Å². The van der Waals surface area contributed by atoms with Crippen LogP contribution in [0.1, 0.15) is 5.69 Å². The van der Waals surface area contributed by atoms with Gasteiger partial charge >= 0.3 is 0 Å². The summed E-state index contributed by atoms with van der Waals surface area (Å²) < 4.78 is 12.6. The number of hydrogen-bond donors (Lipinski definition) is 0. The highest BCUT2D eigenvalue weighted by atomic mass is 35.5. The molecule has 27 heavy (non-hydrogen) atoms. The second-order valence-corrected chi connectivity index (χ2v) is 6.87. The first kappa shape index (κ1) is 17.6. The third-order valence-electron chi connectivity index (χ3n) is 3.73. The van der Waals surface area contributed by atoms with Crippen LogP contribution in [0.15, 0.2) is 64.4 Å². The van der Waals surface area contributed by atoms with Gasteiger partial charge in [-0.15, -0.1) is 5.10 Å². The van der Waals surface area contributed by atoms with Gasteiger partial charge in [0.25, 0.3) is 0 Å². The molecule has 0 unspecified atom stereocenters.